The highest BCUT2D eigenvalue weighted by Crippen LogP contribution is 2.44. The normalized spacial score (nSPS) is 12.4. The number of carbonyl (C=O) groups is 1. The molecule has 0 saturated carbocycles. The quantitative estimate of drug-likeness (QED) is 0.166. The maximum absolute atomic E-state index is 13.1. The van der Waals surface area contributed by atoms with Gasteiger partial charge in [-0.25, -0.2) is 0 Å². The number of aryl methyl sites for hydroxylation is 1. The number of benzene rings is 4. The molecule has 0 unspecified atom stereocenters. The van der Waals surface area contributed by atoms with E-state index in [2.05, 4.69) is 57.3 Å². The predicted molar refractivity (Wildman–Crippen MR) is 161 cm³/mol. The molecule has 198 valence electrons. The van der Waals surface area contributed by atoms with Crippen LogP contribution in [0.2, 0.25) is 0 Å². The first-order valence-electron chi connectivity index (χ1n) is 13.0. The maximum Gasteiger partial charge on any atom is 0.185 e. The van der Waals surface area contributed by atoms with Gasteiger partial charge in [0.25, 0.3) is 0 Å². The van der Waals surface area contributed by atoms with E-state index in [1.165, 1.54) is 4.90 Å². The largest absolute Gasteiger partial charge is 0.496 e. The molecule has 39 heavy (non-hydrogen) atoms. The second kappa shape index (κ2) is 11.0. The highest BCUT2D eigenvalue weighted by atomic mass is 32.2. The number of hydrogen-bond donors (Lipinski definition) is 1. The average molecular weight is 536 g/mol. The highest BCUT2D eigenvalue weighted by molar-refractivity contribution is 7.99. The number of methoxy groups -OCH3 is 1. The Bertz CT molecular complexity index is 1570. The van der Waals surface area contributed by atoms with Gasteiger partial charge in [0.05, 0.1) is 18.5 Å². The molecule has 4 aromatic rings. The van der Waals surface area contributed by atoms with Gasteiger partial charge in [0.15, 0.2) is 5.78 Å². The van der Waals surface area contributed by atoms with Crippen LogP contribution in [0.5, 0.6) is 11.5 Å². The third-order valence-electron chi connectivity index (χ3n) is 6.70. The fourth-order valence-electron chi connectivity index (χ4n) is 4.60. The van der Waals surface area contributed by atoms with Crippen LogP contribution < -0.4 is 14.8 Å². The number of anilines is 2. The van der Waals surface area contributed by atoms with Gasteiger partial charge in [0.2, 0.25) is 0 Å². The summed E-state index contributed by atoms with van der Waals surface area (Å²) >= 11 is 1.71. The van der Waals surface area contributed by atoms with Crippen LogP contribution in [0, 0.1) is 6.92 Å². The molecule has 0 bridgehead atoms. The number of ether oxygens (including phenoxy) is 2. The summed E-state index contributed by atoms with van der Waals surface area (Å²) in [6.45, 7) is 8.98. The molecule has 0 atom stereocenters. The standard InChI is InChI=1S/C34H33NO3S/c1-22-10-14-26(34(2,3)4)31(18-22)38-21-25-19-23(12-16-30(25)37-5)11-15-29(36)24-13-17-33-28(20-24)35-27-8-6-7-9-32(27)39-33/h6-20,35H,21H2,1-5H3/b15-11+. The lowest BCUT2D eigenvalue weighted by atomic mass is 9.86. The van der Waals surface area contributed by atoms with Gasteiger partial charge in [-0.05, 0) is 83.6 Å². The smallest absolute Gasteiger partial charge is 0.185 e. The molecule has 0 aliphatic carbocycles. The number of nitrogens with one attached hydrogen (secondary N) is 1. The Labute approximate surface area is 235 Å². The van der Waals surface area contributed by atoms with E-state index in [0.29, 0.717) is 12.2 Å². The molecule has 5 rings (SSSR count). The Kier molecular flexibility index (Phi) is 7.53. The first-order chi connectivity index (χ1) is 18.7. The first-order valence-corrected chi connectivity index (χ1v) is 13.8. The lowest BCUT2D eigenvalue weighted by Crippen LogP contribution is -2.13. The predicted octanol–water partition coefficient (Wildman–Crippen LogP) is 8.98. The van der Waals surface area contributed by atoms with Crippen molar-refractivity contribution in [2.75, 3.05) is 12.4 Å². The molecule has 4 nitrogen and oxygen atoms in total. The SMILES string of the molecule is COc1ccc(/C=C/C(=O)c2ccc3c(c2)Nc2ccccc2S3)cc1COc1cc(C)ccc1C(C)(C)C. The van der Waals surface area contributed by atoms with E-state index in [1.54, 1.807) is 24.9 Å². The van der Waals surface area contributed by atoms with E-state index >= 15 is 0 Å². The lowest BCUT2D eigenvalue weighted by molar-refractivity contribution is 0.104. The van der Waals surface area contributed by atoms with Crippen molar-refractivity contribution in [3.8, 4) is 11.5 Å². The molecular weight excluding hydrogens is 502 g/mol. The van der Waals surface area contributed by atoms with E-state index in [4.69, 9.17) is 9.47 Å². The van der Waals surface area contributed by atoms with Gasteiger partial charge in [-0.15, -0.1) is 0 Å². The van der Waals surface area contributed by atoms with Gasteiger partial charge in [0.1, 0.15) is 18.1 Å². The van der Waals surface area contributed by atoms with E-state index < -0.39 is 0 Å². The van der Waals surface area contributed by atoms with Crippen molar-refractivity contribution < 1.29 is 14.3 Å². The average Bonchev–Trinajstić information content (AvgIpc) is 2.92. The number of ketones is 1. The van der Waals surface area contributed by atoms with Gasteiger partial charge in [0, 0.05) is 20.9 Å². The fraction of sp³-hybridized carbons (Fsp3) is 0.206. The molecule has 1 N–H and O–H groups in total. The van der Waals surface area contributed by atoms with Crippen molar-refractivity contribution in [1.82, 2.24) is 0 Å². The van der Waals surface area contributed by atoms with Crippen molar-refractivity contribution in [2.24, 2.45) is 0 Å². The van der Waals surface area contributed by atoms with Crippen LogP contribution in [0.25, 0.3) is 6.08 Å². The second-order valence-electron chi connectivity index (χ2n) is 10.7. The molecule has 1 aliphatic heterocycles. The van der Waals surface area contributed by atoms with Crippen LogP contribution in [0.4, 0.5) is 11.4 Å². The zero-order valence-corrected chi connectivity index (χ0v) is 23.8. The van der Waals surface area contributed by atoms with Crippen molar-refractivity contribution in [3.05, 3.63) is 113 Å². The zero-order valence-electron chi connectivity index (χ0n) is 23.0. The molecule has 4 aromatic carbocycles. The minimum absolute atomic E-state index is 0.0354. The summed E-state index contributed by atoms with van der Waals surface area (Å²) < 4.78 is 11.9. The van der Waals surface area contributed by atoms with E-state index in [-0.39, 0.29) is 11.2 Å². The van der Waals surface area contributed by atoms with Crippen LogP contribution in [0.1, 0.15) is 53.4 Å². The molecule has 0 spiro atoms. The van der Waals surface area contributed by atoms with Gasteiger partial charge in [-0.1, -0.05) is 68.9 Å². The van der Waals surface area contributed by atoms with Crippen molar-refractivity contribution in [3.63, 3.8) is 0 Å². The molecule has 1 aliphatic rings. The molecule has 1 heterocycles. The van der Waals surface area contributed by atoms with Crippen LogP contribution in [-0.4, -0.2) is 12.9 Å². The number of allylic oxidation sites excluding steroid dienone is 1. The monoisotopic (exact) mass is 535 g/mol. The minimum atomic E-state index is -0.0494. The van der Waals surface area contributed by atoms with Crippen LogP contribution in [0.15, 0.2) is 94.7 Å². The van der Waals surface area contributed by atoms with Crippen molar-refractivity contribution >= 4 is 35.0 Å². The van der Waals surface area contributed by atoms with Crippen molar-refractivity contribution in [2.45, 2.75) is 49.5 Å². The Morgan fingerprint density at radius 2 is 1.69 bits per heavy atom. The van der Waals surface area contributed by atoms with E-state index in [0.717, 1.165) is 50.0 Å². The van der Waals surface area contributed by atoms with Crippen LogP contribution >= 0.6 is 11.8 Å². The topological polar surface area (TPSA) is 47.6 Å². The number of para-hydroxylation sites is 1. The second-order valence-corrected chi connectivity index (χ2v) is 11.8. The first kappa shape index (κ1) is 26.6. The summed E-state index contributed by atoms with van der Waals surface area (Å²) in [5, 5.41) is 3.45. The van der Waals surface area contributed by atoms with E-state index in [9.17, 15) is 4.79 Å². The molecular formula is C34H33NO3S. The van der Waals surface area contributed by atoms with E-state index in [1.807, 2.05) is 60.7 Å². The summed E-state index contributed by atoms with van der Waals surface area (Å²) in [5.41, 5.74) is 6.76. The molecule has 0 amide bonds. The molecule has 0 radical (unpaired) electrons. The van der Waals surface area contributed by atoms with Gasteiger partial charge in [-0.3, -0.25) is 4.79 Å². The highest BCUT2D eigenvalue weighted by Gasteiger charge is 2.20. The summed E-state index contributed by atoms with van der Waals surface area (Å²) in [4.78, 5) is 15.4. The molecule has 5 heteroatoms. The third kappa shape index (κ3) is 6.04. The lowest BCUT2D eigenvalue weighted by Gasteiger charge is -2.23. The van der Waals surface area contributed by atoms with Gasteiger partial charge < -0.3 is 14.8 Å². The summed E-state index contributed by atoms with van der Waals surface area (Å²) in [6, 6.07) is 26.2. The summed E-state index contributed by atoms with van der Waals surface area (Å²) in [6.07, 6.45) is 3.46. The Morgan fingerprint density at radius 3 is 2.49 bits per heavy atom. The number of rotatable bonds is 7. The van der Waals surface area contributed by atoms with Gasteiger partial charge >= 0.3 is 0 Å². The summed E-state index contributed by atoms with van der Waals surface area (Å²) in [5.74, 6) is 1.58. The molecule has 0 saturated heterocycles. The van der Waals surface area contributed by atoms with Gasteiger partial charge in [-0.2, -0.15) is 0 Å². The Hall–Kier alpha value is -3.96. The zero-order chi connectivity index (χ0) is 27.6. The summed E-state index contributed by atoms with van der Waals surface area (Å²) in [7, 11) is 1.66. The minimum Gasteiger partial charge on any atom is -0.496 e. The maximum atomic E-state index is 13.1. The van der Waals surface area contributed by atoms with Crippen LogP contribution in [0.3, 0.4) is 0 Å². The fourth-order valence-corrected chi connectivity index (χ4v) is 5.57. The van der Waals surface area contributed by atoms with Crippen LogP contribution in [-0.2, 0) is 12.0 Å². The Morgan fingerprint density at radius 1 is 0.897 bits per heavy atom. The molecule has 0 aromatic heterocycles. The molecule has 0 fully saturated rings. The van der Waals surface area contributed by atoms with Crippen molar-refractivity contribution in [1.29, 1.82) is 0 Å². The third-order valence-corrected chi connectivity index (χ3v) is 7.85. The number of hydrogen-bond acceptors (Lipinski definition) is 5. The number of fused-ring (bicyclic) bond motifs is 2. The number of carbonyl (C=O) groups excluding carboxylic acids is 1. The Balaban J connectivity index is 1.32.